The van der Waals surface area contributed by atoms with E-state index in [4.69, 9.17) is 10.6 Å². The van der Waals surface area contributed by atoms with E-state index in [2.05, 4.69) is 5.43 Å². The topological polar surface area (TPSA) is 93.7 Å². The molecule has 1 unspecified atom stereocenters. The predicted octanol–water partition coefficient (Wildman–Crippen LogP) is 1.11. The maximum absolute atomic E-state index is 10.9. The zero-order valence-electron chi connectivity index (χ0n) is 10.1. The Morgan fingerprint density at radius 2 is 2.33 bits per heavy atom. The largest absolute Gasteiger partial charge is 0.379 e. The number of nitro groups is 1. The van der Waals surface area contributed by atoms with Crippen molar-refractivity contribution in [1.82, 2.24) is 0 Å². The van der Waals surface area contributed by atoms with Crippen LogP contribution >= 0.6 is 0 Å². The number of hydrazine groups is 1. The first kappa shape index (κ1) is 12.6. The van der Waals surface area contributed by atoms with Crippen molar-refractivity contribution < 1.29 is 9.66 Å². The highest BCUT2D eigenvalue weighted by Crippen LogP contribution is 2.28. The van der Waals surface area contributed by atoms with Crippen molar-refractivity contribution in [2.75, 3.05) is 30.6 Å². The number of hydrogen-bond donors (Lipinski definition) is 2. The molecule has 0 aromatic heterocycles. The summed E-state index contributed by atoms with van der Waals surface area (Å²) in [5.41, 5.74) is 3.74. The molecule has 2 rings (SSSR count). The van der Waals surface area contributed by atoms with Crippen LogP contribution in [0.2, 0.25) is 0 Å². The molecular formula is C11H16N4O3. The molecule has 98 valence electrons. The number of ether oxygens (including phenoxy) is 1. The number of nitrogen functional groups attached to an aromatic ring is 1. The van der Waals surface area contributed by atoms with Crippen LogP contribution < -0.4 is 16.2 Å². The first-order valence-corrected chi connectivity index (χ1v) is 5.68. The third kappa shape index (κ3) is 2.52. The second-order valence-electron chi connectivity index (χ2n) is 4.27. The molecule has 1 heterocycles. The van der Waals surface area contributed by atoms with Crippen molar-refractivity contribution in [3.63, 3.8) is 0 Å². The summed E-state index contributed by atoms with van der Waals surface area (Å²) in [5.74, 6) is 5.33. The lowest BCUT2D eigenvalue weighted by Crippen LogP contribution is -2.31. The van der Waals surface area contributed by atoms with Crippen molar-refractivity contribution in [2.45, 2.75) is 12.5 Å². The molecule has 18 heavy (non-hydrogen) atoms. The molecule has 1 aromatic carbocycles. The Kier molecular flexibility index (Phi) is 3.63. The monoisotopic (exact) mass is 252 g/mol. The van der Waals surface area contributed by atoms with Gasteiger partial charge in [0, 0.05) is 31.5 Å². The maximum atomic E-state index is 10.9. The quantitative estimate of drug-likeness (QED) is 0.473. The van der Waals surface area contributed by atoms with Gasteiger partial charge in [0.05, 0.1) is 23.3 Å². The zero-order valence-corrected chi connectivity index (χ0v) is 10.1. The smallest absolute Gasteiger partial charge is 0.273 e. The Morgan fingerprint density at radius 1 is 1.56 bits per heavy atom. The van der Waals surface area contributed by atoms with E-state index in [0.29, 0.717) is 12.3 Å². The lowest BCUT2D eigenvalue weighted by Gasteiger charge is -2.25. The summed E-state index contributed by atoms with van der Waals surface area (Å²) in [6.07, 6.45) is 0.921. The summed E-state index contributed by atoms with van der Waals surface area (Å²) in [5, 5.41) is 10.9. The molecule has 0 bridgehead atoms. The SMILES string of the molecule is CN(c1cc(NN)cc([N+](=O)[O-])c1)C1CCOC1. The van der Waals surface area contributed by atoms with Crippen LogP contribution in [-0.4, -0.2) is 31.2 Å². The molecule has 3 N–H and O–H groups in total. The molecule has 7 heteroatoms. The summed E-state index contributed by atoms with van der Waals surface area (Å²) < 4.78 is 5.32. The zero-order chi connectivity index (χ0) is 13.1. The average molecular weight is 252 g/mol. The van der Waals surface area contributed by atoms with Crippen LogP contribution in [0, 0.1) is 10.1 Å². The highest BCUT2D eigenvalue weighted by molar-refractivity contribution is 5.64. The number of non-ortho nitro benzene ring substituents is 1. The number of nitrogens with zero attached hydrogens (tertiary/aromatic N) is 2. The molecule has 1 saturated heterocycles. The lowest BCUT2D eigenvalue weighted by atomic mass is 10.2. The van der Waals surface area contributed by atoms with Gasteiger partial charge in [-0.3, -0.25) is 16.0 Å². The van der Waals surface area contributed by atoms with Gasteiger partial charge in [-0.25, -0.2) is 0 Å². The van der Waals surface area contributed by atoms with Crippen molar-refractivity contribution in [1.29, 1.82) is 0 Å². The van der Waals surface area contributed by atoms with E-state index in [1.165, 1.54) is 6.07 Å². The molecule has 1 aromatic rings. The van der Waals surface area contributed by atoms with Gasteiger partial charge in [-0.1, -0.05) is 0 Å². The van der Waals surface area contributed by atoms with E-state index in [9.17, 15) is 10.1 Å². The Hall–Kier alpha value is -1.86. The fourth-order valence-electron chi connectivity index (χ4n) is 2.03. The summed E-state index contributed by atoms with van der Waals surface area (Å²) in [4.78, 5) is 12.4. The van der Waals surface area contributed by atoms with Crippen molar-refractivity contribution in [3.8, 4) is 0 Å². The van der Waals surface area contributed by atoms with Crippen LogP contribution in [0.1, 0.15) is 6.42 Å². The second kappa shape index (κ2) is 5.19. The Labute approximate surface area is 105 Å². The molecule has 1 atom stereocenters. The molecule has 0 aliphatic carbocycles. The normalized spacial score (nSPS) is 18.7. The summed E-state index contributed by atoms with van der Waals surface area (Å²) in [6.45, 7) is 1.37. The third-order valence-corrected chi connectivity index (χ3v) is 3.14. The standard InChI is InChI=1S/C11H16N4O3/c1-14(9-2-3-18-7-9)10-4-8(13-12)5-11(6-10)15(16)17/h4-6,9,13H,2-3,7,12H2,1H3. The summed E-state index contributed by atoms with van der Waals surface area (Å²) in [6, 6.07) is 4.98. The van der Waals surface area contributed by atoms with Gasteiger partial charge in [-0.2, -0.15) is 0 Å². The van der Waals surface area contributed by atoms with Gasteiger partial charge in [0.25, 0.3) is 5.69 Å². The maximum Gasteiger partial charge on any atom is 0.273 e. The Bertz CT molecular complexity index is 446. The van der Waals surface area contributed by atoms with Gasteiger partial charge < -0.3 is 15.1 Å². The number of anilines is 2. The fraction of sp³-hybridized carbons (Fsp3) is 0.455. The first-order chi connectivity index (χ1) is 8.61. The van der Waals surface area contributed by atoms with Crippen LogP contribution in [0.4, 0.5) is 17.1 Å². The van der Waals surface area contributed by atoms with Crippen LogP contribution in [0.15, 0.2) is 18.2 Å². The number of benzene rings is 1. The average Bonchev–Trinajstić information content (AvgIpc) is 2.91. The molecule has 0 spiro atoms. The number of nitro benzene ring substituents is 1. The number of likely N-dealkylation sites (N-methyl/N-ethyl adjacent to an activating group) is 1. The van der Waals surface area contributed by atoms with Gasteiger partial charge in [-0.15, -0.1) is 0 Å². The van der Waals surface area contributed by atoms with Crippen molar-refractivity contribution in [3.05, 3.63) is 28.3 Å². The second-order valence-corrected chi connectivity index (χ2v) is 4.27. The van der Waals surface area contributed by atoms with E-state index in [1.807, 2.05) is 11.9 Å². The fourth-order valence-corrected chi connectivity index (χ4v) is 2.03. The number of nitrogens with one attached hydrogen (secondary N) is 1. The molecular weight excluding hydrogens is 236 g/mol. The highest BCUT2D eigenvalue weighted by Gasteiger charge is 2.22. The number of hydrogen-bond acceptors (Lipinski definition) is 6. The van der Waals surface area contributed by atoms with Gasteiger partial charge >= 0.3 is 0 Å². The van der Waals surface area contributed by atoms with E-state index < -0.39 is 4.92 Å². The van der Waals surface area contributed by atoms with Crippen LogP contribution in [-0.2, 0) is 4.74 Å². The van der Waals surface area contributed by atoms with Gasteiger partial charge in [0.1, 0.15) is 0 Å². The molecule has 1 fully saturated rings. The molecule has 1 aliphatic rings. The minimum absolute atomic E-state index is 0.0196. The van der Waals surface area contributed by atoms with Gasteiger partial charge in [0.2, 0.25) is 0 Å². The molecule has 0 saturated carbocycles. The number of rotatable bonds is 4. The van der Waals surface area contributed by atoms with Gasteiger partial charge in [-0.05, 0) is 12.5 Å². The van der Waals surface area contributed by atoms with E-state index in [1.54, 1.807) is 12.1 Å². The van der Waals surface area contributed by atoms with E-state index in [0.717, 1.165) is 18.7 Å². The van der Waals surface area contributed by atoms with Crippen LogP contribution in [0.25, 0.3) is 0 Å². The Morgan fingerprint density at radius 3 is 2.89 bits per heavy atom. The minimum Gasteiger partial charge on any atom is -0.379 e. The van der Waals surface area contributed by atoms with E-state index in [-0.39, 0.29) is 11.7 Å². The Balaban J connectivity index is 2.30. The summed E-state index contributed by atoms with van der Waals surface area (Å²) >= 11 is 0. The van der Waals surface area contributed by atoms with Crippen molar-refractivity contribution in [2.24, 2.45) is 5.84 Å². The predicted molar refractivity (Wildman–Crippen MR) is 68.5 cm³/mol. The van der Waals surface area contributed by atoms with Gasteiger partial charge in [0.15, 0.2) is 0 Å². The van der Waals surface area contributed by atoms with Crippen LogP contribution in [0.3, 0.4) is 0 Å². The molecule has 0 amide bonds. The molecule has 7 nitrogen and oxygen atoms in total. The minimum atomic E-state index is -0.427. The van der Waals surface area contributed by atoms with Crippen LogP contribution in [0.5, 0.6) is 0 Å². The highest BCUT2D eigenvalue weighted by atomic mass is 16.6. The third-order valence-electron chi connectivity index (χ3n) is 3.14. The molecule has 0 radical (unpaired) electrons. The molecule has 1 aliphatic heterocycles. The number of nitrogens with two attached hydrogens (primary N) is 1. The first-order valence-electron chi connectivity index (χ1n) is 5.68. The summed E-state index contributed by atoms with van der Waals surface area (Å²) in [7, 11) is 1.90. The lowest BCUT2D eigenvalue weighted by molar-refractivity contribution is -0.384. The van der Waals surface area contributed by atoms with Crippen molar-refractivity contribution >= 4 is 17.1 Å². The van der Waals surface area contributed by atoms with E-state index >= 15 is 0 Å².